The molecule has 6 rings (SSSR count). The van der Waals surface area contributed by atoms with Crippen LogP contribution in [0.2, 0.25) is 0 Å². The van der Waals surface area contributed by atoms with Gasteiger partial charge in [0.05, 0.1) is 17.4 Å². The fourth-order valence-electron chi connectivity index (χ4n) is 4.65. The Kier molecular flexibility index (Phi) is 4.95. The van der Waals surface area contributed by atoms with Crippen LogP contribution in [0, 0.1) is 0 Å². The average Bonchev–Trinajstić information content (AvgIpc) is 3.26. The van der Waals surface area contributed by atoms with Gasteiger partial charge in [-0.15, -0.1) is 0 Å². The van der Waals surface area contributed by atoms with Gasteiger partial charge in [0.15, 0.2) is 0 Å². The molecule has 7 nitrogen and oxygen atoms in total. The Balaban J connectivity index is 1.31. The van der Waals surface area contributed by atoms with Crippen LogP contribution >= 0.6 is 0 Å². The second kappa shape index (κ2) is 8.26. The number of anilines is 1. The Morgan fingerprint density at radius 2 is 1.68 bits per heavy atom. The fourth-order valence-corrected chi connectivity index (χ4v) is 4.65. The molecule has 4 aromatic heterocycles. The van der Waals surface area contributed by atoms with E-state index in [2.05, 4.69) is 56.3 Å². The molecule has 1 aliphatic rings. The lowest BCUT2D eigenvalue weighted by Gasteiger charge is -2.35. The van der Waals surface area contributed by atoms with Crippen molar-refractivity contribution in [2.45, 2.75) is 6.92 Å². The molecule has 0 radical (unpaired) electrons. The number of nitrogens with one attached hydrogen (secondary N) is 1. The van der Waals surface area contributed by atoms with E-state index in [0.717, 1.165) is 70.5 Å². The molecule has 1 aromatic carbocycles. The van der Waals surface area contributed by atoms with Crippen LogP contribution in [-0.4, -0.2) is 56.9 Å². The molecule has 1 N–H and O–H groups in total. The predicted octanol–water partition coefficient (Wildman–Crippen LogP) is 4.51. The van der Waals surface area contributed by atoms with Gasteiger partial charge < -0.3 is 14.8 Å². The zero-order valence-corrected chi connectivity index (χ0v) is 18.9. The van der Waals surface area contributed by atoms with E-state index in [9.17, 15) is 4.79 Å². The molecule has 0 bridgehead atoms. The number of aromatic nitrogens is 4. The highest BCUT2D eigenvalue weighted by molar-refractivity contribution is 6.07. The van der Waals surface area contributed by atoms with Crippen molar-refractivity contribution >= 4 is 33.5 Å². The Morgan fingerprint density at radius 1 is 0.853 bits per heavy atom. The number of benzene rings is 1. The molecular weight excluding hydrogens is 424 g/mol. The third kappa shape index (κ3) is 3.65. The minimum absolute atomic E-state index is 0.151. The lowest BCUT2D eigenvalue weighted by Crippen LogP contribution is -2.48. The second-order valence-electron chi connectivity index (χ2n) is 8.64. The van der Waals surface area contributed by atoms with Crippen molar-refractivity contribution < 1.29 is 4.79 Å². The molecule has 5 heterocycles. The molecule has 168 valence electrons. The van der Waals surface area contributed by atoms with Crippen LogP contribution in [0.15, 0.2) is 73.3 Å². The molecule has 0 unspecified atom stereocenters. The number of piperazine rings is 1. The van der Waals surface area contributed by atoms with Gasteiger partial charge in [-0.25, -0.2) is 4.98 Å². The summed E-state index contributed by atoms with van der Waals surface area (Å²) in [7, 11) is 0. The molecule has 0 aliphatic carbocycles. The van der Waals surface area contributed by atoms with Gasteiger partial charge in [-0.1, -0.05) is 12.1 Å². The minimum atomic E-state index is 0.151. The average molecular weight is 449 g/mol. The van der Waals surface area contributed by atoms with Crippen LogP contribution in [0.5, 0.6) is 0 Å². The normalized spacial score (nSPS) is 14.1. The second-order valence-corrected chi connectivity index (χ2v) is 8.64. The zero-order chi connectivity index (χ0) is 23.1. The maximum atomic E-state index is 11.6. The van der Waals surface area contributed by atoms with Crippen LogP contribution in [0.3, 0.4) is 0 Å². The van der Waals surface area contributed by atoms with E-state index in [0.29, 0.717) is 0 Å². The van der Waals surface area contributed by atoms with E-state index in [1.165, 1.54) is 5.69 Å². The molecule has 1 saturated heterocycles. The van der Waals surface area contributed by atoms with Gasteiger partial charge >= 0.3 is 0 Å². The lowest BCUT2D eigenvalue weighted by molar-refractivity contribution is -0.129. The Hall–Kier alpha value is -4.26. The summed E-state index contributed by atoms with van der Waals surface area (Å²) in [4.78, 5) is 32.7. The largest absolute Gasteiger partial charge is 0.368 e. The quantitative estimate of drug-likeness (QED) is 0.439. The summed E-state index contributed by atoms with van der Waals surface area (Å²) >= 11 is 0. The number of hydrogen-bond acceptors (Lipinski definition) is 5. The SMILES string of the molecule is CC(=O)N1CCN(c2ccc(-c3cnc4[nH]c5cnc(-c6cccnc6)cc5c4c3)cc2)CC1. The first-order valence-electron chi connectivity index (χ1n) is 11.4. The Labute approximate surface area is 197 Å². The number of hydrogen-bond donors (Lipinski definition) is 1. The van der Waals surface area contributed by atoms with Gasteiger partial charge in [0, 0.05) is 79.3 Å². The first kappa shape index (κ1) is 20.4. The molecule has 0 saturated carbocycles. The number of aromatic amines is 1. The summed E-state index contributed by atoms with van der Waals surface area (Å²) in [5.41, 5.74) is 7.07. The van der Waals surface area contributed by atoms with Gasteiger partial charge in [-0.05, 0) is 42.0 Å². The van der Waals surface area contributed by atoms with Crippen molar-refractivity contribution in [1.29, 1.82) is 0 Å². The van der Waals surface area contributed by atoms with E-state index in [1.54, 1.807) is 13.1 Å². The van der Waals surface area contributed by atoms with E-state index in [-0.39, 0.29) is 5.91 Å². The van der Waals surface area contributed by atoms with Crippen molar-refractivity contribution in [1.82, 2.24) is 24.8 Å². The van der Waals surface area contributed by atoms with Crippen LogP contribution in [0.1, 0.15) is 6.92 Å². The molecule has 34 heavy (non-hydrogen) atoms. The summed E-state index contributed by atoms with van der Waals surface area (Å²) < 4.78 is 0. The molecule has 0 atom stereocenters. The van der Waals surface area contributed by atoms with Crippen molar-refractivity contribution in [3.63, 3.8) is 0 Å². The molecule has 5 aromatic rings. The third-order valence-corrected chi connectivity index (χ3v) is 6.58. The van der Waals surface area contributed by atoms with Gasteiger partial charge in [-0.3, -0.25) is 14.8 Å². The number of nitrogens with zero attached hydrogens (tertiary/aromatic N) is 5. The molecular formula is C27H24N6O. The minimum Gasteiger partial charge on any atom is -0.368 e. The van der Waals surface area contributed by atoms with Gasteiger partial charge in [0.1, 0.15) is 5.65 Å². The monoisotopic (exact) mass is 448 g/mol. The predicted molar refractivity (Wildman–Crippen MR) is 135 cm³/mol. The Bertz CT molecular complexity index is 1480. The van der Waals surface area contributed by atoms with Crippen LogP contribution < -0.4 is 4.90 Å². The fraction of sp³-hybridized carbons (Fsp3) is 0.185. The molecule has 1 fully saturated rings. The molecule has 0 spiro atoms. The lowest BCUT2D eigenvalue weighted by atomic mass is 10.0. The van der Waals surface area contributed by atoms with E-state index in [4.69, 9.17) is 4.98 Å². The number of fused-ring (bicyclic) bond motifs is 3. The highest BCUT2D eigenvalue weighted by Gasteiger charge is 2.19. The standard InChI is InChI=1S/C27H24N6O/c1-18(34)32-9-11-33(12-10-32)22-6-4-19(5-7-22)21-13-24-23-14-25(20-3-2-8-28-15-20)29-17-26(23)31-27(24)30-16-21/h2-8,13-17H,9-12H2,1H3,(H,30,31). The van der Waals surface area contributed by atoms with Crippen molar-refractivity contribution in [3.05, 3.63) is 73.3 Å². The first-order valence-corrected chi connectivity index (χ1v) is 11.4. The van der Waals surface area contributed by atoms with Crippen LogP contribution in [0.4, 0.5) is 5.69 Å². The number of pyridine rings is 3. The highest BCUT2D eigenvalue weighted by atomic mass is 16.2. The molecule has 7 heteroatoms. The van der Waals surface area contributed by atoms with E-state index >= 15 is 0 Å². The number of carbonyl (C=O) groups excluding carboxylic acids is 1. The molecule has 1 amide bonds. The number of H-pyrrole nitrogens is 1. The van der Waals surface area contributed by atoms with Crippen LogP contribution in [0.25, 0.3) is 44.3 Å². The van der Waals surface area contributed by atoms with Gasteiger partial charge in [-0.2, -0.15) is 0 Å². The van der Waals surface area contributed by atoms with Gasteiger partial charge in [0.2, 0.25) is 5.91 Å². The summed E-state index contributed by atoms with van der Waals surface area (Å²) in [6, 6.07) is 16.8. The third-order valence-electron chi connectivity index (χ3n) is 6.58. The van der Waals surface area contributed by atoms with Crippen molar-refractivity contribution in [3.8, 4) is 22.4 Å². The van der Waals surface area contributed by atoms with Crippen molar-refractivity contribution in [2.24, 2.45) is 0 Å². The maximum absolute atomic E-state index is 11.6. The van der Waals surface area contributed by atoms with E-state index < -0.39 is 0 Å². The summed E-state index contributed by atoms with van der Waals surface area (Å²) in [6.45, 7) is 4.89. The smallest absolute Gasteiger partial charge is 0.219 e. The Morgan fingerprint density at radius 3 is 2.41 bits per heavy atom. The summed E-state index contributed by atoms with van der Waals surface area (Å²) in [6.07, 6.45) is 7.36. The highest BCUT2D eigenvalue weighted by Crippen LogP contribution is 2.31. The zero-order valence-electron chi connectivity index (χ0n) is 18.9. The number of amides is 1. The summed E-state index contributed by atoms with van der Waals surface area (Å²) in [5, 5.41) is 2.17. The summed E-state index contributed by atoms with van der Waals surface area (Å²) in [5.74, 6) is 0.151. The molecule has 1 aliphatic heterocycles. The van der Waals surface area contributed by atoms with Gasteiger partial charge in [0.25, 0.3) is 0 Å². The van der Waals surface area contributed by atoms with Crippen molar-refractivity contribution in [2.75, 3.05) is 31.1 Å². The number of carbonyl (C=O) groups is 1. The van der Waals surface area contributed by atoms with E-state index in [1.807, 2.05) is 35.6 Å². The first-order chi connectivity index (χ1) is 16.7. The maximum Gasteiger partial charge on any atom is 0.219 e. The number of rotatable bonds is 3. The van der Waals surface area contributed by atoms with Crippen LogP contribution in [-0.2, 0) is 4.79 Å². The topological polar surface area (TPSA) is 78.0 Å².